The van der Waals surface area contributed by atoms with Gasteiger partial charge in [0.25, 0.3) is 0 Å². The Morgan fingerprint density at radius 3 is 2.19 bits per heavy atom. The summed E-state index contributed by atoms with van der Waals surface area (Å²) in [4.78, 5) is 12.2. The molecule has 0 atom stereocenters. The zero-order valence-corrected chi connectivity index (χ0v) is 14.8. The van der Waals surface area contributed by atoms with Crippen LogP contribution in [-0.2, 0) is 17.9 Å². The molecule has 3 aromatic rings. The van der Waals surface area contributed by atoms with E-state index in [1.807, 2.05) is 36.4 Å². The van der Waals surface area contributed by atoms with Crippen molar-refractivity contribution in [1.29, 1.82) is 0 Å². The van der Waals surface area contributed by atoms with E-state index < -0.39 is 23.2 Å². The fourth-order valence-corrected chi connectivity index (χ4v) is 2.71. The Balaban J connectivity index is 1.74. The molecule has 3 rings (SSSR count). The van der Waals surface area contributed by atoms with Gasteiger partial charge in [-0.3, -0.25) is 0 Å². The summed E-state index contributed by atoms with van der Waals surface area (Å²) in [6.45, 7) is 1.77. The molecule has 138 valence electrons. The Morgan fingerprint density at radius 1 is 0.963 bits per heavy atom. The highest BCUT2D eigenvalue weighted by atomic mass is 19.1. The molecule has 0 aliphatic carbocycles. The smallest absolute Gasteiger partial charge is 0.341 e. The van der Waals surface area contributed by atoms with Crippen molar-refractivity contribution >= 4 is 11.7 Å². The zero-order valence-electron chi connectivity index (χ0n) is 14.8. The lowest BCUT2D eigenvalue weighted by atomic mass is 10.1. The predicted octanol–water partition coefficient (Wildman–Crippen LogP) is 5.24. The van der Waals surface area contributed by atoms with E-state index >= 15 is 0 Å². The van der Waals surface area contributed by atoms with E-state index in [0.29, 0.717) is 6.54 Å². The first-order chi connectivity index (χ1) is 13.1. The Labute approximate surface area is 156 Å². The fraction of sp³-hybridized carbons (Fsp3) is 0.136. The van der Waals surface area contributed by atoms with E-state index in [4.69, 9.17) is 4.74 Å². The maximum absolute atomic E-state index is 14.6. The molecule has 0 saturated heterocycles. The maximum Gasteiger partial charge on any atom is 0.341 e. The summed E-state index contributed by atoms with van der Waals surface area (Å²) in [6, 6.07) is 19.3. The van der Waals surface area contributed by atoms with E-state index in [1.54, 1.807) is 24.3 Å². The first kappa shape index (κ1) is 18.6. The minimum Gasteiger partial charge on any atom is -0.457 e. The lowest BCUT2D eigenvalue weighted by Gasteiger charge is -2.14. The number of hydrogen-bond acceptors (Lipinski definition) is 3. The average Bonchev–Trinajstić information content (AvgIpc) is 2.70. The second kappa shape index (κ2) is 8.45. The van der Waals surface area contributed by atoms with Crippen molar-refractivity contribution in [2.24, 2.45) is 0 Å². The third-order valence-corrected chi connectivity index (χ3v) is 4.20. The minimum absolute atomic E-state index is 0.00616. The van der Waals surface area contributed by atoms with Gasteiger partial charge in [0.2, 0.25) is 0 Å². The molecule has 0 aliphatic rings. The van der Waals surface area contributed by atoms with Crippen molar-refractivity contribution in [2.75, 3.05) is 5.32 Å². The molecule has 0 spiro atoms. The number of nitrogens with one attached hydrogen (secondary N) is 1. The van der Waals surface area contributed by atoms with Crippen LogP contribution in [0.3, 0.4) is 0 Å². The summed E-state index contributed by atoms with van der Waals surface area (Å²) in [7, 11) is 0. The van der Waals surface area contributed by atoms with Crippen molar-refractivity contribution < 1.29 is 18.3 Å². The van der Waals surface area contributed by atoms with Crippen molar-refractivity contribution in [2.45, 2.75) is 20.1 Å². The summed E-state index contributed by atoms with van der Waals surface area (Å²) in [5, 5.41) is 2.90. The van der Waals surface area contributed by atoms with Crippen LogP contribution in [0, 0.1) is 18.6 Å². The molecule has 5 heteroatoms. The van der Waals surface area contributed by atoms with E-state index in [-0.39, 0.29) is 17.9 Å². The summed E-state index contributed by atoms with van der Waals surface area (Å²) >= 11 is 0. The van der Waals surface area contributed by atoms with Crippen LogP contribution in [0.2, 0.25) is 0 Å². The summed E-state index contributed by atoms with van der Waals surface area (Å²) in [5.41, 5.74) is 1.37. The lowest BCUT2D eigenvalue weighted by Crippen LogP contribution is -2.12. The van der Waals surface area contributed by atoms with Crippen LogP contribution in [-0.4, -0.2) is 5.97 Å². The van der Waals surface area contributed by atoms with Crippen LogP contribution in [0.25, 0.3) is 0 Å². The highest BCUT2D eigenvalue weighted by Gasteiger charge is 2.21. The highest BCUT2D eigenvalue weighted by Crippen LogP contribution is 2.26. The van der Waals surface area contributed by atoms with Crippen molar-refractivity contribution in [1.82, 2.24) is 0 Å². The van der Waals surface area contributed by atoms with Gasteiger partial charge in [0.05, 0.1) is 11.3 Å². The first-order valence-electron chi connectivity index (χ1n) is 8.53. The highest BCUT2D eigenvalue weighted by molar-refractivity contribution is 5.90. The molecular weight excluding hydrogens is 348 g/mol. The van der Waals surface area contributed by atoms with E-state index in [1.165, 1.54) is 6.92 Å². The SMILES string of the molecule is Cc1c(F)c(C(=O)OCc2ccccc2)cc(F)c1NCc1ccccc1. The van der Waals surface area contributed by atoms with E-state index in [2.05, 4.69) is 5.32 Å². The van der Waals surface area contributed by atoms with Gasteiger partial charge in [-0.25, -0.2) is 13.6 Å². The van der Waals surface area contributed by atoms with Crippen LogP contribution in [0.4, 0.5) is 14.5 Å². The van der Waals surface area contributed by atoms with Crippen molar-refractivity contribution in [3.63, 3.8) is 0 Å². The zero-order chi connectivity index (χ0) is 19.2. The quantitative estimate of drug-likeness (QED) is 0.605. The molecule has 27 heavy (non-hydrogen) atoms. The number of benzene rings is 3. The van der Waals surface area contributed by atoms with Gasteiger partial charge in [0.1, 0.15) is 18.2 Å². The molecule has 3 nitrogen and oxygen atoms in total. The van der Waals surface area contributed by atoms with Gasteiger partial charge in [-0.2, -0.15) is 0 Å². The molecular formula is C22H19F2NO2. The molecule has 0 heterocycles. The van der Waals surface area contributed by atoms with Crippen LogP contribution in [0.1, 0.15) is 27.0 Å². The molecule has 0 saturated carbocycles. The van der Waals surface area contributed by atoms with Gasteiger partial charge < -0.3 is 10.1 Å². The largest absolute Gasteiger partial charge is 0.457 e. The Kier molecular flexibility index (Phi) is 5.81. The van der Waals surface area contributed by atoms with Gasteiger partial charge in [0.15, 0.2) is 0 Å². The lowest BCUT2D eigenvalue weighted by molar-refractivity contribution is 0.0466. The Hall–Kier alpha value is -3.21. The van der Waals surface area contributed by atoms with Crippen LogP contribution in [0.15, 0.2) is 66.7 Å². The topological polar surface area (TPSA) is 38.3 Å². The molecule has 1 N–H and O–H groups in total. The Bertz CT molecular complexity index is 928. The summed E-state index contributed by atoms with van der Waals surface area (Å²) in [5.74, 6) is -2.38. The second-order valence-electron chi connectivity index (χ2n) is 6.12. The number of halogens is 2. The van der Waals surface area contributed by atoms with Gasteiger partial charge in [-0.1, -0.05) is 60.7 Å². The molecule has 0 amide bonds. The van der Waals surface area contributed by atoms with E-state index in [9.17, 15) is 13.6 Å². The van der Waals surface area contributed by atoms with Crippen LogP contribution < -0.4 is 5.32 Å². The number of anilines is 1. The summed E-state index contributed by atoms with van der Waals surface area (Å²) in [6.07, 6.45) is 0. The van der Waals surface area contributed by atoms with Crippen LogP contribution >= 0.6 is 0 Å². The van der Waals surface area contributed by atoms with Crippen LogP contribution in [0.5, 0.6) is 0 Å². The molecule has 0 fully saturated rings. The van der Waals surface area contributed by atoms with Gasteiger partial charge in [0, 0.05) is 12.1 Å². The number of ether oxygens (including phenoxy) is 1. The number of hydrogen-bond donors (Lipinski definition) is 1. The number of carbonyl (C=O) groups is 1. The fourth-order valence-electron chi connectivity index (χ4n) is 2.71. The number of rotatable bonds is 6. The minimum atomic E-state index is -0.895. The second-order valence-corrected chi connectivity index (χ2v) is 6.12. The molecule has 0 aromatic heterocycles. The van der Waals surface area contributed by atoms with Crippen molar-refractivity contribution in [3.8, 4) is 0 Å². The standard InChI is InChI=1S/C22H19F2NO2/c1-15-20(24)18(22(26)27-14-17-10-6-3-7-11-17)12-19(23)21(15)25-13-16-8-4-2-5-9-16/h2-12,25H,13-14H2,1H3. The third kappa shape index (κ3) is 4.50. The van der Waals surface area contributed by atoms with Crippen molar-refractivity contribution in [3.05, 3.63) is 101 Å². The van der Waals surface area contributed by atoms with E-state index in [0.717, 1.165) is 17.2 Å². The molecule has 0 bridgehead atoms. The predicted molar refractivity (Wildman–Crippen MR) is 100 cm³/mol. The molecule has 0 radical (unpaired) electrons. The molecule has 0 unspecified atom stereocenters. The van der Waals surface area contributed by atoms with Gasteiger partial charge in [-0.15, -0.1) is 0 Å². The monoisotopic (exact) mass is 367 g/mol. The first-order valence-corrected chi connectivity index (χ1v) is 8.53. The average molecular weight is 367 g/mol. The normalized spacial score (nSPS) is 10.5. The molecule has 0 aliphatic heterocycles. The Morgan fingerprint density at radius 2 is 1.56 bits per heavy atom. The summed E-state index contributed by atoms with van der Waals surface area (Å²) < 4.78 is 34.2. The number of carbonyl (C=O) groups excluding carboxylic acids is 1. The van der Waals surface area contributed by atoms with Gasteiger partial charge >= 0.3 is 5.97 Å². The number of esters is 1. The van der Waals surface area contributed by atoms with Gasteiger partial charge in [-0.05, 0) is 24.1 Å². The maximum atomic E-state index is 14.6. The molecule has 3 aromatic carbocycles. The third-order valence-electron chi connectivity index (χ3n) is 4.20.